The van der Waals surface area contributed by atoms with E-state index in [1.165, 1.54) is 0 Å². The lowest BCUT2D eigenvalue weighted by Gasteiger charge is -2.39. The summed E-state index contributed by atoms with van der Waals surface area (Å²) in [5.74, 6) is 0.575. The van der Waals surface area contributed by atoms with Crippen LogP contribution in [0.25, 0.3) is 0 Å². The molecule has 2 atom stereocenters. The van der Waals surface area contributed by atoms with Crippen LogP contribution in [-0.4, -0.2) is 40.4 Å². The molecule has 0 unspecified atom stereocenters. The number of hydrogen-bond donors (Lipinski definition) is 1. The van der Waals surface area contributed by atoms with Crippen molar-refractivity contribution >= 4 is 6.09 Å². The van der Waals surface area contributed by atoms with Crippen molar-refractivity contribution in [2.75, 3.05) is 6.61 Å². The number of aliphatic hydroxyl groups excluding tert-OH is 1. The predicted molar refractivity (Wildman–Crippen MR) is 69.3 cm³/mol. The minimum absolute atomic E-state index is 0.155. The summed E-state index contributed by atoms with van der Waals surface area (Å²) >= 11 is 0. The van der Waals surface area contributed by atoms with Gasteiger partial charge in [-0.15, -0.1) is 0 Å². The summed E-state index contributed by atoms with van der Waals surface area (Å²) in [5.41, 5.74) is -0.418. The number of rotatable bonds is 2. The Morgan fingerprint density at radius 1 is 1.28 bits per heavy atom. The van der Waals surface area contributed by atoms with E-state index in [0.717, 1.165) is 32.1 Å². The van der Waals surface area contributed by atoms with E-state index in [4.69, 9.17) is 9.84 Å². The van der Waals surface area contributed by atoms with E-state index >= 15 is 0 Å². The van der Waals surface area contributed by atoms with Crippen molar-refractivity contribution in [3.05, 3.63) is 0 Å². The first-order valence-corrected chi connectivity index (χ1v) is 7.03. The third-order valence-corrected chi connectivity index (χ3v) is 3.97. The van der Waals surface area contributed by atoms with Gasteiger partial charge in [-0.25, -0.2) is 4.79 Å². The van der Waals surface area contributed by atoms with Gasteiger partial charge in [0.25, 0.3) is 0 Å². The van der Waals surface area contributed by atoms with Gasteiger partial charge in [0.2, 0.25) is 0 Å². The van der Waals surface area contributed by atoms with Crippen LogP contribution in [0.15, 0.2) is 0 Å². The van der Waals surface area contributed by atoms with Crippen molar-refractivity contribution in [1.82, 2.24) is 4.90 Å². The number of nitrogens with zero attached hydrogens (tertiary/aromatic N) is 1. The maximum atomic E-state index is 12.2. The number of carbonyl (C=O) groups excluding carboxylic acids is 1. The molecular weight excluding hydrogens is 230 g/mol. The average Bonchev–Trinajstić information content (AvgIpc) is 2.49. The van der Waals surface area contributed by atoms with E-state index in [2.05, 4.69) is 0 Å². The summed E-state index contributed by atoms with van der Waals surface area (Å²) in [5, 5.41) is 9.03. The van der Waals surface area contributed by atoms with Gasteiger partial charge in [-0.3, -0.25) is 0 Å². The minimum Gasteiger partial charge on any atom is -0.444 e. The smallest absolute Gasteiger partial charge is 0.410 e. The van der Waals surface area contributed by atoms with Gasteiger partial charge in [0, 0.05) is 18.7 Å². The second-order valence-electron chi connectivity index (χ2n) is 6.62. The number of piperidine rings is 1. The zero-order valence-corrected chi connectivity index (χ0v) is 11.7. The second kappa shape index (κ2) is 5.08. The summed E-state index contributed by atoms with van der Waals surface area (Å²) in [6.07, 6.45) is 4.94. The van der Waals surface area contributed by atoms with E-state index in [1.807, 2.05) is 25.7 Å². The molecule has 0 aromatic carbocycles. The molecule has 2 aliphatic rings. The van der Waals surface area contributed by atoms with Gasteiger partial charge in [-0.2, -0.15) is 0 Å². The maximum Gasteiger partial charge on any atom is 0.410 e. The van der Waals surface area contributed by atoms with Crippen molar-refractivity contribution < 1.29 is 14.6 Å². The standard InChI is InChI=1S/C14H25NO3/c1-14(2,3)18-13(17)15-11-4-5-12(15)9-10(8-11)6-7-16/h10-12,16H,4-9H2,1-3H3/t11-,12-/m0/s1. The maximum absolute atomic E-state index is 12.2. The second-order valence-corrected chi connectivity index (χ2v) is 6.62. The number of amides is 1. The van der Waals surface area contributed by atoms with E-state index in [-0.39, 0.29) is 12.7 Å². The lowest BCUT2D eigenvalue weighted by atomic mass is 9.89. The summed E-state index contributed by atoms with van der Waals surface area (Å²) in [6, 6.07) is 0.658. The zero-order chi connectivity index (χ0) is 13.3. The molecule has 18 heavy (non-hydrogen) atoms. The fourth-order valence-electron chi connectivity index (χ4n) is 3.32. The van der Waals surface area contributed by atoms with Gasteiger partial charge in [0.15, 0.2) is 0 Å². The van der Waals surface area contributed by atoms with Crippen molar-refractivity contribution in [2.45, 2.75) is 70.6 Å². The molecule has 0 saturated carbocycles. The molecule has 0 spiro atoms. The largest absolute Gasteiger partial charge is 0.444 e. The first-order valence-electron chi connectivity index (χ1n) is 7.03. The number of ether oxygens (including phenoxy) is 1. The van der Waals surface area contributed by atoms with Crippen LogP contribution in [0.5, 0.6) is 0 Å². The number of aliphatic hydroxyl groups is 1. The third-order valence-electron chi connectivity index (χ3n) is 3.97. The Kier molecular flexibility index (Phi) is 3.85. The lowest BCUT2D eigenvalue weighted by Crippen LogP contribution is -2.48. The predicted octanol–water partition coefficient (Wildman–Crippen LogP) is 2.55. The van der Waals surface area contributed by atoms with Gasteiger partial charge in [-0.05, 0) is 58.8 Å². The first kappa shape index (κ1) is 13.7. The third kappa shape index (κ3) is 2.97. The minimum atomic E-state index is -0.418. The molecule has 0 aliphatic carbocycles. The van der Waals surface area contributed by atoms with Gasteiger partial charge in [-0.1, -0.05) is 0 Å². The highest BCUT2D eigenvalue weighted by atomic mass is 16.6. The zero-order valence-electron chi connectivity index (χ0n) is 11.7. The molecule has 0 aromatic rings. The van der Waals surface area contributed by atoms with Crippen LogP contribution in [0, 0.1) is 5.92 Å². The van der Waals surface area contributed by atoms with Crippen LogP contribution in [0.1, 0.15) is 52.9 Å². The molecule has 2 fully saturated rings. The number of carbonyl (C=O) groups is 1. The number of hydrogen-bond acceptors (Lipinski definition) is 3. The van der Waals surface area contributed by atoms with Crippen LogP contribution in [0.2, 0.25) is 0 Å². The van der Waals surface area contributed by atoms with Gasteiger partial charge in [0.1, 0.15) is 5.60 Å². The van der Waals surface area contributed by atoms with Crippen molar-refractivity contribution in [1.29, 1.82) is 0 Å². The highest BCUT2D eigenvalue weighted by molar-refractivity contribution is 5.69. The molecule has 1 N–H and O–H groups in total. The van der Waals surface area contributed by atoms with Gasteiger partial charge >= 0.3 is 6.09 Å². The highest BCUT2D eigenvalue weighted by Crippen LogP contribution is 2.40. The molecular formula is C14H25NO3. The van der Waals surface area contributed by atoms with Crippen molar-refractivity contribution in [2.24, 2.45) is 5.92 Å². The van der Waals surface area contributed by atoms with Crippen molar-refractivity contribution in [3.8, 4) is 0 Å². The van der Waals surface area contributed by atoms with Crippen LogP contribution < -0.4 is 0 Å². The molecule has 2 aliphatic heterocycles. The normalized spacial score (nSPS) is 31.6. The Bertz CT molecular complexity index is 297. The summed E-state index contributed by atoms with van der Waals surface area (Å²) in [6.45, 7) is 5.98. The highest BCUT2D eigenvalue weighted by Gasteiger charge is 2.44. The average molecular weight is 255 g/mol. The molecule has 2 saturated heterocycles. The SMILES string of the molecule is CC(C)(C)OC(=O)N1[C@H]2CC[C@H]1CC(CCO)C2. The molecule has 4 nitrogen and oxygen atoms in total. The Labute approximate surface area is 109 Å². The molecule has 0 radical (unpaired) electrons. The molecule has 2 bridgehead atoms. The molecule has 2 rings (SSSR count). The van der Waals surface area contributed by atoms with Crippen LogP contribution >= 0.6 is 0 Å². The molecule has 2 heterocycles. The fraction of sp³-hybridized carbons (Fsp3) is 0.929. The Morgan fingerprint density at radius 3 is 2.28 bits per heavy atom. The number of fused-ring (bicyclic) bond motifs is 2. The lowest BCUT2D eigenvalue weighted by molar-refractivity contribution is 0.000811. The fourth-order valence-corrected chi connectivity index (χ4v) is 3.32. The first-order chi connectivity index (χ1) is 8.40. The topological polar surface area (TPSA) is 49.8 Å². The molecule has 1 amide bonds. The molecule has 0 aromatic heterocycles. The molecule has 104 valence electrons. The quantitative estimate of drug-likeness (QED) is 0.825. The Balaban J connectivity index is 1.98. The summed E-state index contributed by atoms with van der Waals surface area (Å²) in [7, 11) is 0. The van der Waals surface area contributed by atoms with Crippen LogP contribution in [0.4, 0.5) is 4.79 Å². The monoisotopic (exact) mass is 255 g/mol. The van der Waals surface area contributed by atoms with Crippen molar-refractivity contribution in [3.63, 3.8) is 0 Å². The van der Waals surface area contributed by atoms with Crippen LogP contribution in [0.3, 0.4) is 0 Å². The van der Waals surface area contributed by atoms with E-state index in [9.17, 15) is 4.79 Å². The Morgan fingerprint density at radius 2 is 1.83 bits per heavy atom. The van der Waals surface area contributed by atoms with Gasteiger partial charge in [0.05, 0.1) is 0 Å². The van der Waals surface area contributed by atoms with E-state index in [0.29, 0.717) is 18.0 Å². The summed E-state index contributed by atoms with van der Waals surface area (Å²) < 4.78 is 5.49. The Hall–Kier alpha value is -0.770. The van der Waals surface area contributed by atoms with E-state index in [1.54, 1.807) is 0 Å². The van der Waals surface area contributed by atoms with Crippen LogP contribution in [-0.2, 0) is 4.74 Å². The van der Waals surface area contributed by atoms with Gasteiger partial charge < -0.3 is 14.7 Å². The van der Waals surface area contributed by atoms with E-state index < -0.39 is 5.60 Å². The summed E-state index contributed by atoms with van der Waals surface area (Å²) in [4.78, 5) is 14.2. The molecule has 4 heteroatoms.